The molecule has 0 radical (unpaired) electrons. The van der Waals surface area contributed by atoms with Gasteiger partial charge in [-0.25, -0.2) is 0 Å². The summed E-state index contributed by atoms with van der Waals surface area (Å²) >= 11 is 0. The summed E-state index contributed by atoms with van der Waals surface area (Å²) in [5, 5.41) is 0. The van der Waals surface area contributed by atoms with Gasteiger partial charge in [-0.1, -0.05) is 6.07 Å². The molecule has 0 N–H and O–H groups in total. The smallest absolute Gasteiger partial charge is 0.167 e. The van der Waals surface area contributed by atoms with Gasteiger partial charge in [-0.2, -0.15) is 0 Å². The average molecular weight is 414 g/mol. The minimum atomic E-state index is -0.0199. The Kier molecular flexibility index (Phi) is 7.71. The molecule has 0 bridgehead atoms. The number of methoxy groups -OCH3 is 4. The predicted octanol–water partition coefficient (Wildman–Crippen LogP) is 3.95. The number of ketones is 1. The van der Waals surface area contributed by atoms with Gasteiger partial charge in [0.05, 0.1) is 27.9 Å². The number of Topliss-reactive ketones (excluding diaryl/α,β-unsaturated/α-hetero) is 1. The number of hydrogen-bond donors (Lipinski definition) is 0. The van der Waals surface area contributed by atoms with Gasteiger partial charge in [-0.3, -0.25) is 9.69 Å². The zero-order valence-corrected chi connectivity index (χ0v) is 18.3. The van der Waals surface area contributed by atoms with Crippen molar-refractivity contribution in [3.8, 4) is 17.2 Å². The first-order chi connectivity index (χ1) is 14.6. The Morgan fingerprint density at radius 3 is 2.40 bits per heavy atom. The standard InChI is InChI=1S/C24H31NO5/c1-27-16-20-12-17(7-9-21(20)28-2)14-25-11-5-6-19(15-25)24(26)18-8-10-22(29-3)23(13-18)30-4/h7-10,12-13,19H,5-6,11,14-16H2,1-4H3/t19-/m1/s1. The van der Waals surface area contributed by atoms with E-state index in [1.54, 1.807) is 40.6 Å². The summed E-state index contributed by atoms with van der Waals surface area (Å²) in [6, 6.07) is 11.6. The lowest BCUT2D eigenvalue weighted by atomic mass is 9.89. The van der Waals surface area contributed by atoms with Crippen molar-refractivity contribution in [2.24, 2.45) is 5.92 Å². The first kappa shape index (κ1) is 22.1. The van der Waals surface area contributed by atoms with Crippen LogP contribution in [0.15, 0.2) is 36.4 Å². The molecule has 0 aliphatic carbocycles. The molecule has 0 saturated carbocycles. The number of likely N-dealkylation sites (tertiary alicyclic amines) is 1. The zero-order valence-electron chi connectivity index (χ0n) is 18.3. The molecule has 0 unspecified atom stereocenters. The van der Waals surface area contributed by atoms with Gasteiger partial charge in [0.2, 0.25) is 0 Å². The number of ether oxygens (including phenoxy) is 4. The normalized spacial score (nSPS) is 16.9. The van der Waals surface area contributed by atoms with E-state index < -0.39 is 0 Å². The number of hydrogen-bond acceptors (Lipinski definition) is 6. The van der Waals surface area contributed by atoms with Crippen molar-refractivity contribution < 1.29 is 23.7 Å². The lowest BCUT2D eigenvalue weighted by molar-refractivity contribution is 0.0811. The van der Waals surface area contributed by atoms with Crippen molar-refractivity contribution in [3.63, 3.8) is 0 Å². The van der Waals surface area contributed by atoms with Crippen molar-refractivity contribution in [2.45, 2.75) is 26.0 Å². The van der Waals surface area contributed by atoms with E-state index in [9.17, 15) is 4.79 Å². The summed E-state index contributed by atoms with van der Waals surface area (Å²) in [5.74, 6) is 2.19. The predicted molar refractivity (Wildman–Crippen MR) is 116 cm³/mol. The molecule has 6 heteroatoms. The lowest BCUT2D eigenvalue weighted by Crippen LogP contribution is -2.38. The highest BCUT2D eigenvalue weighted by molar-refractivity contribution is 5.98. The number of benzene rings is 2. The SMILES string of the molecule is COCc1cc(CN2CCC[C@@H](C(=O)c3ccc(OC)c(OC)c3)C2)ccc1OC. The average Bonchev–Trinajstić information content (AvgIpc) is 2.78. The van der Waals surface area contributed by atoms with Crippen molar-refractivity contribution >= 4 is 5.78 Å². The number of carbonyl (C=O) groups excluding carboxylic acids is 1. The Balaban J connectivity index is 1.69. The Bertz CT molecular complexity index is 867. The van der Waals surface area contributed by atoms with Crippen LogP contribution in [-0.4, -0.2) is 52.2 Å². The lowest BCUT2D eigenvalue weighted by Gasteiger charge is -2.32. The van der Waals surface area contributed by atoms with Crippen molar-refractivity contribution in [2.75, 3.05) is 41.5 Å². The van der Waals surface area contributed by atoms with Crippen LogP contribution in [0, 0.1) is 5.92 Å². The molecule has 1 saturated heterocycles. The van der Waals surface area contributed by atoms with Crippen LogP contribution < -0.4 is 14.2 Å². The molecule has 162 valence electrons. The molecular formula is C24H31NO5. The second-order valence-corrected chi connectivity index (χ2v) is 7.59. The molecular weight excluding hydrogens is 382 g/mol. The molecule has 30 heavy (non-hydrogen) atoms. The second kappa shape index (κ2) is 10.5. The molecule has 0 aromatic heterocycles. The quantitative estimate of drug-likeness (QED) is 0.580. The topological polar surface area (TPSA) is 57.2 Å². The van der Waals surface area contributed by atoms with Gasteiger partial charge in [0.15, 0.2) is 17.3 Å². The van der Waals surface area contributed by atoms with E-state index in [-0.39, 0.29) is 11.7 Å². The van der Waals surface area contributed by atoms with Crippen LogP contribution >= 0.6 is 0 Å². The molecule has 6 nitrogen and oxygen atoms in total. The van der Waals surface area contributed by atoms with Gasteiger partial charge < -0.3 is 18.9 Å². The third-order valence-electron chi connectivity index (χ3n) is 5.60. The van der Waals surface area contributed by atoms with E-state index in [0.29, 0.717) is 23.7 Å². The van der Waals surface area contributed by atoms with Crippen molar-refractivity contribution in [1.82, 2.24) is 4.90 Å². The fourth-order valence-corrected chi connectivity index (χ4v) is 4.10. The summed E-state index contributed by atoms with van der Waals surface area (Å²) in [6.07, 6.45) is 1.91. The highest BCUT2D eigenvalue weighted by atomic mass is 16.5. The van der Waals surface area contributed by atoms with Crippen LogP contribution in [0.4, 0.5) is 0 Å². The minimum Gasteiger partial charge on any atom is -0.496 e. The van der Waals surface area contributed by atoms with E-state index in [1.165, 1.54) is 5.56 Å². The highest BCUT2D eigenvalue weighted by Crippen LogP contribution is 2.30. The van der Waals surface area contributed by atoms with Crippen LogP contribution in [0.25, 0.3) is 0 Å². The van der Waals surface area contributed by atoms with Gasteiger partial charge in [0.25, 0.3) is 0 Å². The third kappa shape index (κ3) is 5.12. The van der Waals surface area contributed by atoms with Gasteiger partial charge in [-0.15, -0.1) is 0 Å². The fourth-order valence-electron chi connectivity index (χ4n) is 4.10. The van der Waals surface area contributed by atoms with Gasteiger partial charge in [0.1, 0.15) is 5.75 Å². The number of rotatable bonds is 9. The van der Waals surface area contributed by atoms with E-state index >= 15 is 0 Å². The molecule has 1 aliphatic rings. The Morgan fingerprint density at radius 2 is 1.70 bits per heavy atom. The molecule has 0 spiro atoms. The van der Waals surface area contributed by atoms with E-state index in [4.69, 9.17) is 18.9 Å². The molecule has 3 rings (SSSR count). The third-order valence-corrected chi connectivity index (χ3v) is 5.60. The summed E-state index contributed by atoms with van der Waals surface area (Å²) in [6.45, 7) is 3.05. The first-order valence-corrected chi connectivity index (χ1v) is 10.2. The van der Waals surface area contributed by atoms with Crippen LogP contribution in [0.5, 0.6) is 17.2 Å². The number of nitrogens with zero attached hydrogens (tertiary/aromatic N) is 1. The summed E-state index contributed by atoms with van der Waals surface area (Å²) < 4.78 is 21.3. The molecule has 0 amide bonds. The van der Waals surface area contributed by atoms with Crippen LogP contribution in [0.3, 0.4) is 0 Å². The Morgan fingerprint density at radius 1 is 0.967 bits per heavy atom. The monoisotopic (exact) mass is 413 g/mol. The minimum absolute atomic E-state index is 0.0199. The van der Waals surface area contributed by atoms with Gasteiger partial charge >= 0.3 is 0 Å². The second-order valence-electron chi connectivity index (χ2n) is 7.59. The highest BCUT2D eigenvalue weighted by Gasteiger charge is 2.27. The van der Waals surface area contributed by atoms with E-state index in [1.807, 2.05) is 12.1 Å². The van der Waals surface area contributed by atoms with Crippen LogP contribution in [0.2, 0.25) is 0 Å². The molecule has 1 fully saturated rings. The number of carbonyl (C=O) groups is 1. The van der Waals surface area contributed by atoms with Crippen molar-refractivity contribution in [1.29, 1.82) is 0 Å². The van der Waals surface area contributed by atoms with Crippen LogP contribution in [-0.2, 0) is 17.9 Å². The molecule has 1 atom stereocenters. The zero-order chi connectivity index (χ0) is 21.5. The van der Waals surface area contributed by atoms with E-state index in [2.05, 4.69) is 17.0 Å². The van der Waals surface area contributed by atoms with Crippen molar-refractivity contribution in [3.05, 3.63) is 53.1 Å². The maximum absolute atomic E-state index is 13.1. The molecule has 2 aromatic rings. The van der Waals surface area contributed by atoms with Gasteiger partial charge in [0, 0.05) is 37.2 Å². The first-order valence-electron chi connectivity index (χ1n) is 10.2. The Hall–Kier alpha value is -2.57. The summed E-state index contributed by atoms with van der Waals surface area (Å²) in [7, 11) is 6.53. The summed E-state index contributed by atoms with van der Waals surface area (Å²) in [4.78, 5) is 15.5. The maximum atomic E-state index is 13.1. The fraction of sp³-hybridized carbons (Fsp3) is 0.458. The largest absolute Gasteiger partial charge is 0.496 e. The van der Waals surface area contributed by atoms with E-state index in [0.717, 1.165) is 43.8 Å². The molecule has 1 aliphatic heterocycles. The van der Waals surface area contributed by atoms with Gasteiger partial charge in [-0.05, 0) is 55.3 Å². The number of piperidine rings is 1. The Labute approximate surface area is 178 Å². The summed E-state index contributed by atoms with van der Waals surface area (Å²) in [5.41, 5.74) is 2.90. The molecule has 2 aromatic carbocycles. The van der Waals surface area contributed by atoms with Crippen LogP contribution in [0.1, 0.15) is 34.3 Å². The maximum Gasteiger partial charge on any atom is 0.167 e. The molecule has 1 heterocycles.